The lowest BCUT2D eigenvalue weighted by Crippen LogP contribution is -2.45. The molecule has 0 spiro atoms. The van der Waals surface area contributed by atoms with Crippen molar-refractivity contribution >= 4 is 22.9 Å². The summed E-state index contributed by atoms with van der Waals surface area (Å²) in [5.41, 5.74) is 1.78. The second-order valence-electron chi connectivity index (χ2n) is 5.09. The van der Waals surface area contributed by atoms with E-state index in [0.29, 0.717) is 17.5 Å². The van der Waals surface area contributed by atoms with Gasteiger partial charge >= 0.3 is 5.97 Å². The Kier molecular flexibility index (Phi) is 4.21. The topological polar surface area (TPSA) is 97.1 Å². The van der Waals surface area contributed by atoms with Crippen LogP contribution in [0, 0.1) is 5.92 Å². The zero-order valence-corrected chi connectivity index (χ0v) is 12.2. The Morgan fingerprint density at radius 1 is 1.43 bits per heavy atom. The van der Waals surface area contributed by atoms with Crippen molar-refractivity contribution in [2.24, 2.45) is 13.0 Å². The van der Waals surface area contributed by atoms with Crippen LogP contribution in [-0.2, 0) is 11.8 Å². The number of hydrogen-bond acceptors (Lipinski definition) is 4. The van der Waals surface area contributed by atoms with Crippen LogP contribution in [0.4, 0.5) is 0 Å². The zero-order valence-electron chi connectivity index (χ0n) is 12.2. The molecule has 1 amide bonds. The van der Waals surface area contributed by atoms with Gasteiger partial charge in [-0.05, 0) is 24.1 Å². The molecule has 2 aromatic rings. The Bertz CT molecular complexity index is 680. The maximum Gasteiger partial charge on any atom is 0.326 e. The van der Waals surface area contributed by atoms with Crippen molar-refractivity contribution in [1.82, 2.24) is 20.3 Å². The molecular formula is C14H18N4O3. The van der Waals surface area contributed by atoms with Crippen LogP contribution in [0.2, 0.25) is 0 Å². The SMILES string of the molecule is CCC(C)C(NC(=O)c1ccc2c(c1)nnn2C)C(=O)O. The molecule has 1 aromatic heterocycles. The van der Waals surface area contributed by atoms with Gasteiger partial charge in [0.05, 0.1) is 5.52 Å². The number of carboxylic acids is 1. The van der Waals surface area contributed by atoms with Gasteiger partial charge in [0.2, 0.25) is 0 Å². The van der Waals surface area contributed by atoms with Gasteiger partial charge in [-0.2, -0.15) is 0 Å². The number of aliphatic carboxylic acids is 1. The maximum atomic E-state index is 12.2. The maximum absolute atomic E-state index is 12.2. The first-order valence-electron chi connectivity index (χ1n) is 6.77. The predicted octanol–water partition coefficient (Wildman–Crippen LogP) is 1.20. The first kappa shape index (κ1) is 15.0. The summed E-state index contributed by atoms with van der Waals surface area (Å²) >= 11 is 0. The molecule has 0 aliphatic heterocycles. The molecule has 7 nitrogen and oxygen atoms in total. The van der Waals surface area contributed by atoms with Crippen LogP contribution in [0.15, 0.2) is 18.2 Å². The highest BCUT2D eigenvalue weighted by atomic mass is 16.4. The second-order valence-corrected chi connectivity index (χ2v) is 5.09. The zero-order chi connectivity index (χ0) is 15.6. The summed E-state index contributed by atoms with van der Waals surface area (Å²) < 4.78 is 1.61. The molecule has 112 valence electrons. The highest BCUT2D eigenvalue weighted by Crippen LogP contribution is 2.14. The quantitative estimate of drug-likeness (QED) is 0.862. The van der Waals surface area contributed by atoms with Gasteiger partial charge in [0.1, 0.15) is 11.6 Å². The Morgan fingerprint density at radius 2 is 2.14 bits per heavy atom. The number of aromatic nitrogens is 3. The first-order chi connectivity index (χ1) is 9.93. The summed E-state index contributed by atoms with van der Waals surface area (Å²) in [5.74, 6) is -1.60. The lowest BCUT2D eigenvalue weighted by molar-refractivity contribution is -0.140. The molecule has 0 aliphatic carbocycles. The average molecular weight is 290 g/mol. The van der Waals surface area contributed by atoms with E-state index >= 15 is 0 Å². The second kappa shape index (κ2) is 5.90. The Morgan fingerprint density at radius 3 is 2.76 bits per heavy atom. The molecule has 0 radical (unpaired) electrons. The fourth-order valence-electron chi connectivity index (χ4n) is 2.09. The summed E-state index contributed by atoms with van der Waals surface area (Å²) in [7, 11) is 1.76. The Hall–Kier alpha value is -2.44. The standard InChI is InChI=1S/C14H18N4O3/c1-4-8(2)12(14(20)21)15-13(19)9-5-6-11-10(7-9)16-17-18(11)3/h5-8,12H,4H2,1-3H3,(H,15,19)(H,20,21). The molecule has 2 unspecified atom stereocenters. The van der Waals surface area contributed by atoms with E-state index in [1.165, 1.54) is 0 Å². The van der Waals surface area contributed by atoms with Crippen molar-refractivity contribution < 1.29 is 14.7 Å². The summed E-state index contributed by atoms with van der Waals surface area (Å²) in [6, 6.07) is 4.08. The fourth-order valence-corrected chi connectivity index (χ4v) is 2.09. The molecule has 0 fully saturated rings. The first-order valence-corrected chi connectivity index (χ1v) is 6.77. The molecule has 7 heteroatoms. The fraction of sp³-hybridized carbons (Fsp3) is 0.429. The third-order valence-electron chi connectivity index (χ3n) is 3.64. The third-order valence-corrected chi connectivity index (χ3v) is 3.64. The van der Waals surface area contributed by atoms with E-state index < -0.39 is 17.9 Å². The molecule has 0 saturated carbocycles. The summed E-state index contributed by atoms with van der Waals surface area (Å²) in [4.78, 5) is 23.4. The minimum atomic E-state index is -1.03. The molecule has 2 rings (SSSR count). The van der Waals surface area contributed by atoms with Crippen molar-refractivity contribution in [3.05, 3.63) is 23.8 Å². The molecule has 0 bridgehead atoms. The number of carbonyl (C=O) groups is 2. The molecule has 0 saturated heterocycles. The van der Waals surface area contributed by atoms with Crippen molar-refractivity contribution in [3.63, 3.8) is 0 Å². The number of nitrogens with one attached hydrogen (secondary N) is 1. The molecule has 2 N–H and O–H groups in total. The van der Waals surface area contributed by atoms with Gasteiger partial charge in [0, 0.05) is 12.6 Å². The number of amides is 1. The van der Waals surface area contributed by atoms with Crippen molar-refractivity contribution in [3.8, 4) is 0 Å². The molecule has 2 atom stereocenters. The number of carbonyl (C=O) groups excluding carboxylic acids is 1. The summed E-state index contributed by atoms with van der Waals surface area (Å²) in [6.07, 6.45) is 0.667. The lowest BCUT2D eigenvalue weighted by Gasteiger charge is -2.20. The van der Waals surface area contributed by atoms with Crippen LogP contribution in [0.3, 0.4) is 0 Å². The van der Waals surface area contributed by atoms with Gasteiger partial charge in [0.25, 0.3) is 5.91 Å². The molecule has 0 aliphatic rings. The number of aryl methyl sites for hydroxylation is 1. The van der Waals surface area contributed by atoms with Crippen LogP contribution in [0.25, 0.3) is 11.0 Å². The third kappa shape index (κ3) is 3.01. The average Bonchev–Trinajstić information content (AvgIpc) is 2.84. The van der Waals surface area contributed by atoms with E-state index in [4.69, 9.17) is 0 Å². The van der Waals surface area contributed by atoms with Crippen LogP contribution in [-0.4, -0.2) is 38.0 Å². The van der Waals surface area contributed by atoms with E-state index in [9.17, 15) is 14.7 Å². The van der Waals surface area contributed by atoms with Crippen LogP contribution in [0.1, 0.15) is 30.6 Å². The monoisotopic (exact) mass is 290 g/mol. The Balaban J connectivity index is 2.22. The number of benzene rings is 1. The van der Waals surface area contributed by atoms with Crippen LogP contribution < -0.4 is 5.32 Å². The van der Waals surface area contributed by atoms with Gasteiger partial charge in [-0.1, -0.05) is 25.5 Å². The highest BCUT2D eigenvalue weighted by molar-refractivity contribution is 5.99. The van der Waals surface area contributed by atoms with Crippen LogP contribution in [0.5, 0.6) is 0 Å². The normalized spacial score (nSPS) is 13.9. The van der Waals surface area contributed by atoms with Crippen molar-refractivity contribution in [2.45, 2.75) is 26.3 Å². The molecule has 1 heterocycles. The Labute approximate surface area is 121 Å². The number of hydrogen-bond donors (Lipinski definition) is 2. The van der Waals surface area contributed by atoms with Gasteiger partial charge in [0.15, 0.2) is 0 Å². The largest absolute Gasteiger partial charge is 0.480 e. The van der Waals surface area contributed by atoms with E-state index in [1.54, 1.807) is 36.9 Å². The van der Waals surface area contributed by atoms with Gasteiger partial charge in [-0.25, -0.2) is 9.48 Å². The van der Waals surface area contributed by atoms with Gasteiger partial charge in [-0.3, -0.25) is 4.79 Å². The van der Waals surface area contributed by atoms with E-state index in [-0.39, 0.29) is 5.92 Å². The smallest absolute Gasteiger partial charge is 0.326 e. The summed E-state index contributed by atoms with van der Waals surface area (Å²) in [6.45, 7) is 3.68. The minimum Gasteiger partial charge on any atom is -0.480 e. The molecular weight excluding hydrogens is 272 g/mol. The minimum absolute atomic E-state index is 0.147. The summed E-state index contributed by atoms with van der Waals surface area (Å²) in [5, 5.41) is 19.6. The number of rotatable bonds is 5. The van der Waals surface area contributed by atoms with E-state index in [0.717, 1.165) is 5.52 Å². The lowest BCUT2D eigenvalue weighted by atomic mass is 9.99. The number of fused-ring (bicyclic) bond motifs is 1. The number of carboxylic acid groups (broad SMARTS) is 1. The van der Waals surface area contributed by atoms with Crippen LogP contribution >= 0.6 is 0 Å². The molecule has 21 heavy (non-hydrogen) atoms. The molecule has 1 aromatic carbocycles. The van der Waals surface area contributed by atoms with Gasteiger partial charge < -0.3 is 10.4 Å². The van der Waals surface area contributed by atoms with Crippen molar-refractivity contribution in [2.75, 3.05) is 0 Å². The van der Waals surface area contributed by atoms with E-state index in [2.05, 4.69) is 15.6 Å². The predicted molar refractivity (Wildman–Crippen MR) is 76.9 cm³/mol. The van der Waals surface area contributed by atoms with E-state index in [1.807, 2.05) is 6.92 Å². The van der Waals surface area contributed by atoms with Crippen molar-refractivity contribution in [1.29, 1.82) is 0 Å². The highest BCUT2D eigenvalue weighted by Gasteiger charge is 2.25. The number of nitrogens with zero attached hydrogens (tertiary/aromatic N) is 3. The van der Waals surface area contributed by atoms with Gasteiger partial charge in [-0.15, -0.1) is 5.10 Å².